The SMILES string of the molecule is CN(Cc1ccccc1)C(=O)c1ccnc(Nc2ccccc2Br)n1. The van der Waals surface area contributed by atoms with Crippen molar-refractivity contribution >= 4 is 33.5 Å². The molecule has 0 spiro atoms. The molecule has 1 heterocycles. The molecule has 0 fully saturated rings. The lowest BCUT2D eigenvalue weighted by atomic mass is 10.2. The second-order valence-corrected chi connectivity index (χ2v) is 6.37. The zero-order chi connectivity index (χ0) is 17.6. The van der Waals surface area contributed by atoms with E-state index in [-0.39, 0.29) is 5.91 Å². The molecule has 0 aliphatic heterocycles. The van der Waals surface area contributed by atoms with E-state index in [2.05, 4.69) is 31.2 Å². The summed E-state index contributed by atoms with van der Waals surface area (Å²) in [5.41, 5.74) is 2.26. The van der Waals surface area contributed by atoms with Crippen LogP contribution in [0.15, 0.2) is 71.3 Å². The second-order valence-electron chi connectivity index (χ2n) is 5.52. The zero-order valence-electron chi connectivity index (χ0n) is 13.7. The number of hydrogen-bond acceptors (Lipinski definition) is 4. The Morgan fingerprint density at radius 2 is 1.80 bits per heavy atom. The Labute approximate surface area is 154 Å². The maximum absolute atomic E-state index is 12.6. The maximum Gasteiger partial charge on any atom is 0.272 e. The van der Waals surface area contributed by atoms with Gasteiger partial charge in [-0.15, -0.1) is 0 Å². The summed E-state index contributed by atoms with van der Waals surface area (Å²) in [6.45, 7) is 0.524. The van der Waals surface area contributed by atoms with Crippen LogP contribution in [0.4, 0.5) is 11.6 Å². The topological polar surface area (TPSA) is 58.1 Å². The van der Waals surface area contributed by atoms with Crippen LogP contribution in [0.2, 0.25) is 0 Å². The van der Waals surface area contributed by atoms with Gasteiger partial charge in [-0.05, 0) is 39.7 Å². The molecule has 0 atom stereocenters. The number of hydrogen-bond donors (Lipinski definition) is 1. The molecule has 0 saturated heterocycles. The predicted molar refractivity (Wildman–Crippen MR) is 102 cm³/mol. The highest BCUT2D eigenvalue weighted by atomic mass is 79.9. The molecule has 25 heavy (non-hydrogen) atoms. The molecule has 0 bridgehead atoms. The molecule has 0 aliphatic rings. The van der Waals surface area contributed by atoms with Gasteiger partial charge in [0.05, 0.1) is 5.69 Å². The van der Waals surface area contributed by atoms with E-state index in [1.165, 1.54) is 0 Å². The fourth-order valence-corrected chi connectivity index (χ4v) is 2.73. The molecule has 5 nitrogen and oxygen atoms in total. The van der Waals surface area contributed by atoms with Gasteiger partial charge in [-0.25, -0.2) is 9.97 Å². The molecule has 1 aromatic heterocycles. The largest absolute Gasteiger partial charge is 0.336 e. The minimum atomic E-state index is -0.151. The molecular formula is C19H17BrN4O. The summed E-state index contributed by atoms with van der Waals surface area (Å²) in [5, 5.41) is 3.12. The van der Waals surface area contributed by atoms with Gasteiger partial charge in [0.15, 0.2) is 0 Å². The Morgan fingerprint density at radius 3 is 2.56 bits per heavy atom. The summed E-state index contributed by atoms with van der Waals surface area (Å²) in [5.74, 6) is 0.229. The maximum atomic E-state index is 12.6. The Bertz CT molecular complexity index is 870. The van der Waals surface area contributed by atoms with Gasteiger partial charge in [0, 0.05) is 24.3 Å². The minimum Gasteiger partial charge on any atom is -0.336 e. The summed E-state index contributed by atoms with van der Waals surface area (Å²) in [6, 6.07) is 19.1. The van der Waals surface area contributed by atoms with Crippen molar-refractivity contribution in [1.82, 2.24) is 14.9 Å². The van der Waals surface area contributed by atoms with Crippen LogP contribution < -0.4 is 5.32 Å². The van der Waals surface area contributed by atoms with Crippen LogP contribution in [0.5, 0.6) is 0 Å². The Hall–Kier alpha value is -2.73. The van der Waals surface area contributed by atoms with Crippen LogP contribution in [-0.2, 0) is 6.54 Å². The molecular weight excluding hydrogens is 380 g/mol. The third-order valence-electron chi connectivity index (χ3n) is 3.60. The molecule has 0 aliphatic carbocycles. The van der Waals surface area contributed by atoms with Gasteiger partial charge < -0.3 is 10.2 Å². The number of rotatable bonds is 5. The van der Waals surface area contributed by atoms with E-state index in [0.717, 1.165) is 15.7 Å². The standard InChI is InChI=1S/C19H17BrN4O/c1-24(13-14-7-3-2-4-8-14)18(25)17-11-12-21-19(23-17)22-16-10-6-5-9-15(16)20/h2-12H,13H2,1H3,(H,21,22,23). The lowest BCUT2D eigenvalue weighted by Crippen LogP contribution is -2.27. The Morgan fingerprint density at radius 1 is 1.08 bits per heavy atom. The molecule has 3 rings (SSSR count). The van der Waals surface area contributed by atoms with Crippen LogP contribution in [0.25, 0.3) is 0 Å². The molecule has 126 valence electrons. The smallest absolute Gasteiger partial charge is 0.272 e. The minimum absolute atomic E-state index is 0.151. The van der Waals surface area contributed by atoms with Crippen LogP contribution in [0.3, 0.4) is 0 Å². The first-order chi connectivity index (χ1) is 12.1. The van der Waals surface area contributed by atoms with E-state index >= 15 is 0 Å². The van der Waals surface area contributed by atoms with Crippen molar-refractivity contribution in [3.05, 3.63) is 82.6 Å². The van der Waals surface area contributed by atoms with Gasteiger partial charge in [-0.1, -0.05) is 42.5 Å². The van der Waals surface area contributed by atoms with E-state index < -0.39 is 0 Å². The highest BCUT2D eigenvalue weighted by Crippen LogP contribution is 2.23. The number of halogens is 1. The van der Waals surface area contributed by atoms with E-state index in [9.17, 15) is 4.79 Å². The Balaban J connectivity index is 1.74. The van der Waals surface area contributed by atoms with Gasteiger partial charge in [0.1, 0.15) is 5.69 Å². The molecule has 6 heteroatoms. The van der Waals surface area contributed by atoms with Gasteiger partial charge in [-0.3, -0.25) is 4.79 Å². The lowest BCUT2D eigenvalue weighted by Gasteiger charge is -2.17. The number of para-hydroxylation sites is 1. The fraction of sp³-hybridized carbons (Fsp3) is 0.105. The first-order valence-electron chi connectivity index (χ1n) is 7.77. The summed E-state index contributed by atoms with van der Waals surface area (Å²) < 4.78 is 0.900. The monoisotopic (exact) mass is 396 g/mol. The van der Waals surface area contributed by atoms with Gasteiger partial charge in [0.2, 0.25) is 5.95 Å². The third kappa shape index (κ3) is 4.42. The van der Waals surface area contributed by atoms with Crippen LogP contribution >= 0.6 is 15.9 Å². The molecule has 3 aromatic rings. The number of carbonyl (C=O) groups excluding carboxylic acids is 1. The summed E-state index contributed by atoms with van der Waals surface area (Å²) >= 11 is 3.47. The average Bonchev–Trinajstić information content (AvgIpc) is 2.64. The highest BCUT2D eigenvalue weighted by molar-refractivity contribution is 9.10. The number of nitrogens with one attached hydrogen (secondary N) is 1. The predicted octanol–water partition coefficient (Wildman–Crippen LogP) is 4.25. The quantitative estimate of drug-likeness (QED) is 0.699. The molecule has 0 saturated carbocycles. The number of carbonyl (C=O) groups is 1. The van der Waals surface area contributed by atoms with E-state index in [1.54, 1.807) is 24.2 Å². The normalized spacial score (nSPS) is 10.3. The molecule has 0 radical (unpaired) electrons. The van der Waals surface area contributed by atoms with Crippen molar-refractivity contribution in [2.24, 2.45) is 0 Å². The lowest BCUT2D eigenvalue weighted by molar-refractivity contribution is 0.0779. The average molecular weight is 397 g/mol. The van der Waals surface area contributed by atoms with Crippen molar-refractivity contribution in [3.63, 3.8) is 0 Å². The van der Waals surface area contributed by atoms with Crippen molar-refractivity contribution in [1.29, 1.82) is 0 Å². The number of nitrogens with zero attached hydrogens (tertiary/aromatic N) is 3. The first-order valence-corrected chi connectivity index (χ1v) is 8.57. The van der Waals surface area contributed by atoms with Crippen molar-refractivity contribution in [3.8, 4) is 0 Å². The van der Waals surface area contributed by atoms with Gasteiger partial charge >= 0.3 is 0 Å². The van der Waals surface area contributed by atoms with Gasteiger partial charge in [-0.2, -0.15) is 0 Å². The van der Waals surface area contributed by atoms with E-state index in [0.29, 0.717) is 18.2 Å². The first kappa shape index (κ1) is 17.1. The second kappa shape index (κ2) is 7.90. The van der Waals surface area contributed by atoms with Crippen LogP contribution in [0.1, 0.15) is 16.1 Å². The van der Waals surface area contributed by atoms with E-state index in [1.807, 2.05) is 54.6 Å². The van der Waals surface area contributed by atoms with Crippen molar-refractivity contribution < 1.29 is 4.79 Å². The fourth-order valence-electron chi connectivity index (χ4n) is 2.35. The van der Waals surface area contributed by atoms with Crippen LogP contribution in [-0.4, -0.2) is 27.8 Å². The molecule has 0 unspecified atom stereocenters. The molecule has 2 aromatic carbocycles. The summed E-state index contributed by atoms with van der Waals surface area (Å²) in [4.78, 5) is 22.8. The summed E-state index contributed by atoms with van der Waals surface area (Å²) in [7, 11) is 1.76. The number of benzene rings is 2. The van der Waals surface area contributed by atoms with E-state index in [4.69, 9.17) is 0 Å². The third-order valence-corrected chi connectivity index (χ3v) is 4.30. The zero-order valence-corrected chi connectivity index (χ0v) is 15.3. The Kier molecular flexibility index (Phi) is 5.40. The number of aromatic nitrogens is 2. The molecule has 1 N–H and O–H groups in total. The van der Waals surface area contributed by atoms with Gasteiger partial charge in [0.25, 0.3) is 5.91 Å². The summed E-state index contributed by atoms with van der Waals surface area (Å²) in [6.07, 6.45) is 1.58. The highest BCUT2D eigenvalue weighted by Gasteiger charge is 2.14. The number of anilines is 2. The van der Waals surface area contributed by atoms with Crippen molar-refractivity contribution in [2.75, 3.05) is 12.4 Å². The molecule has 1 amide bonds. The van der Waals surface area contributed by atoms with Crippen molar-refractivity contribution in [2.45, 2.75) is 6.54 Å². The van der Waals surface area contributed by atoms with Crippen LogP contribution in [0, 0.1) is 0 Å². The number of amides is 1.